The topological polar surface area (TPSA) is 96.2 Å². The number of aliphatic imine (C=N–C) groups is 2. The Morgan fingerprint density at radius 3 is 2.35 bits per heavy atom. The molecule has 0 bridgehead atoms. The normalized spacial score (nSPS) is 22.0. The zero-order valence-electron chi connectivity index (χ0n) is 8.75. The van der Waals surface area contributed by atoms with E-state index in [1.165, 1.54) is 0 Å². The first-order valence-electron chi connectivity index (χ1n) is 4.83. The zero-order valence-corrected chi connectivity index (χ0v) is 8.75. The van der Waals surface area contributed by atoms with E-state index < -0.39 is 5.66 Å². The van der Waals surface area contributed by atoms with Gasteiger partial charge < -0.3 is 5.41 Å². The number of nitriles is 2. The van der Waals surface area contributed by atoms with E-state index in [1.54, 1.807) is 24.3 Å². The van der Waals surface area contributed by atoms with Crippen LogP contribution in [0.2, 0.25) is 0 Å². The monoisotopic (exact) mass is 221 g/mol. The summed E-state index contributed by atoms with van der Waals surface area (Å²) in [6.45, 7) is 0. The lowest BCUT2D eigenvalue weighted by atomic mass is 10.0. The Morgan fingerprint density at radius 2 is 1.88 bits per heavy atom. The molecule has 2 rings (SSSR count). The van der Waals surface area contributed by atoms with Gasteiger partial charge >= 0.3 is 0 Å². The summed E-state index contributed by atoms with van der Waals surface area (Å²) in [6.07, 6.45) is 0.935. The summed E-state index contributed by atoms with van der Waals surface area (Å²) in [4.78, 5) is 8.08. The van der Waals surface area contributed by atoms with Gasteiger partial charge in [0.25, 0.3) is 5.66 Å². The van der Waals surface area contributed by atoms with Crippen LogP contribution in [0.5, 0.6) is 0 Å². The Morgan fingerprint density at radius 1 is 1.18 bits per heavy atom. The zero-order chi connectivity index (χ0) is 12.3. The highest BCUT2D eigenvalue weighted by Gasteiger charge is 2.37. The summed E-state index contributed by atoms with van der Waals surface area (Å²) < 4.78 is 0. The molecule has 0 aromatic heterocycles. The Labute approximate surface area is 97.9 Å². The molecule has 17 heavy (non-hydrogen) atoms. The van der Waals surface area contributed by atoms with Gasteiger partial charge in [-0.2, -0.15) is 10.5 Å². The van der Waals surface area contributed by atoms with Crippen molar-refractivity contribution in [3.63, 3.8) is 0 Å². The van der Waals surface area contributed by atoms with Crippen LogP contribution in [-0.2, 0) is 5.66 Å². The maximum Gasteiger partial charge on any atom is 0.265 e. The van der Waals surface area contributed by atoms with Gasteiger partial charge in [0.05, 0.1) is 0 Å². The molecule has 1 aliphatic heterocycles. The number of rotatable bonds is 2. The van der Waals surface area contributed by atoms with Crippen molar-refractivity contribution in [2.75, 3.05) is 0 Å². The minimum Gasteiger partial charge on any atom is -0.306 e. The number of nitrogens with one attached hydrogen (secondary N) is 1. The van der Waals surface area contributed by atoms with E-state index in [1.807, 2.05) is 18.2 Å². The Bertz CT molecular complexity index is 600. The van der Waals surface area contributed by atoms with E-state index in [0.29, 0.717) is 5.56 Å². The molecule has 1 aromatic rings. The SMILES string of the molecule is N#CC1=NC(C#N)(c2ccccc2)N=C1C=N. The van der Waals surface area contributed by atoms with Crippen LogP contribution in [0.25, 0.3) is 0 Å². The van der Waals surface area contributed by atoms with Crippen molar-refractivity contribution in [3.8, 4) is 12.1 Å². The second-order valence-corrected chi connectivity index (χ2v) is 3.36. The van der Waals surface area contributed by atoms with Crippen LogP contribution in [0.1, 0.15) is 5.56 Å². The molecule has 5 nitrogen and oxygen atoms in total. The molecule has 1 heterocycles. The van der Waals surface area contributed by atoms with E-state index in [9.17, 15) is 5.26 Å². The smallest absolute Gasteiger partial charge is 0.265 e. The van der Waals surface area contributed by atoms with Crippen molar-refractivity contribution in [1.82, 2.24) is 0 Å². The van der Waals surface area contributed by atoms with Gasteiger partial charge in [0.1, 0.15) is 17.9 Å². The number of hydrogen-bond acceptors (Lipinski definition) is 5. The van der Waals surface area contributed by atoms with Crippen LogP contribution in [0.3, 0.4) is 0 Å². The van der Waals surface area contributed by atoms with Gasteiger partial charge in [-0.3, -0.25) is 0 Å². The third-order valence-electron chi connectivity index (χ3n) is 2.37. The van der Waals surface area contributed by atoms with Gasteiger partial charge in [-0.05, 0) is 0 Å². The fourth-order valence-corrected chi connectivity index (χ4v) is 1.57. The van der Waals surface area contributed by atoms with Gasteiger partial charge in [-0.25, -0.2) is 9.98 Å². The summed E-state index contributed by atoms with van der Waals surface area (Å²) >= 11 is 0. The van der Waals surface area contributed by atoms with E-state index >= 15 is 0 Å². The maximum atomic E-state index is 9.25. The molecular weight excluding hydrogens is 214 g/mol. The highest BCUT2D eigenvalue weighted by atomic mass is 15.1. The Balaban J connectivity index is 2.62. The highest BCUT2D eigenvalue weighted by molar-refractivity contribution is 6.66. The van der Waals surface area contributed by atoms with E-state index in [0.717, 1.165) is 6.21 Å². The van der Waals surface area contributed by atoms with Crippen LogP contribution in [0.4, 0.5) is 0 Å². The Hall–Kier alpha value is -2.79. The van der Waals surface area contributed by atoms with Gasteiger partial charge in [0.2, 0.25) is 0 Å². The molecule has 0 spiro atoms. The predicted molar refractivity (Wildman–Crippen MR) is 63.0 cm³/mol. The molecule has 0 saturated heterocycles. The van der Waals surface area contributed by atoms with Crippen molar-refractivity contribution >= 4 is 17.6 Å². The second-order valence-electron chi connectivity index (χ2n) is 3.36. The molecule has 0 fully saturated rings. The van der Waals surface area contributed by atoms with Crippen LogP contribution >= 0.6 is 0 Å². The lowest BCUT2D eigenvalue weighted by Gasteiger charge is -2.13. The molecule has 0 aliphatic carbocycles. The Kier molecular flexibility index (Phi) is 2.52. The molecule has 1 unspecified atom stereocenters. The molecule has 1 aliphatic rings. The first-order chi connectivity index (χ1) is 8.25. The number of benzene rings is 1. The maximum absolute atomic E-state index is 9.25. The number of hydrogen-bond donors (Lipinski definition) is 1. The minimum absolute atomic E-state index is 0.0189. The van der Waals surface area contributed by atoms with Crippen LogP contribution < -0.4 is 0 Å². The largest absolute Gasteiger partial charge is 0.306 e. The van der Waals surface area contributed by atoms with E-state index in [4.69, 9.17) is 10.7 Å². The molecule has 0 amide bonds. The average molecular weight is 221 g/mol. The molecule has 1 N–H and O–H groups in total. The van der Waals surface area contributed by atoms with Crippen molar-refractivity contribution in [3.05, 3.63) is 35.9 Å². The van der Waals surface area contributed by atoms with Crippen LogP contribution in [0, 0.1) is 28.1 Å². The van der Waals surface area contributed by atoms with Gasteiger partial charge in [0, 0.05) is 11.8 Å². The third-order valence-corrected chi connectivity index (χ3v) is 2.37. The minimum atomic E-state index is -1.42. The first-order valence-corrected chi connectivity index (χ1v) is 4.83. The summed E-state index contributed by atoms with van der Waals surface area (Å²) in [6, 6.07) is 12.6. The molecule has 1 atom stereocenters. The van der Waals surface area contributed by atoms with E-state index in [-0.39, 0.29) is 11.4 Å². The summed E-state index contributed by atoms with van der Waals surface area (Å²) in [5.41, 5.74) is -0.672. The molecule has 0 saturated carbocycles. The predicted octanol–water partition coefficient (Wildman–Crippen LogP) is 1.43. The van der Waals surface area contributed by atoms with Crippen LogP contribution in [0.15, 0.2) is 40.3 Å². The summed E-state index contributed by atoms with van der Waals surface area (Å²) in [5, 5.41) is 25.3. The lowest BCUT2D eigenvalue weighted by Crippen LogP contribution is -2.16. The van der Waals surface area contributed by atoms with Crippen molar-refractivity contribution in [1.29, 1.82) is 15.9 Å². The third kappa shape index (κ3) is 1.60. The quantitative estimate of drug-likeness (QED) is 0.764. The molecule has 1 aromatic carbocycles. The van der Waals surface area contributed by atoms with Gasteiger partial charge in [-0.1, -0.05) is 30.3 Å². The van der Waals surface area contributed by atoms with Crippen molar-refractivity contribution in [2.45, 2.75) is 5.66 Å². The van der Waals surface area contributed by atoms with Gasteiger partial charge in [-0.15, -0.1) is 0 Å². The molecule has 80 valence electrons. The fourth-order valence-electron chi connectivity index (χ4n) is 1.57. The van der Waals surface area contributed by atoms with E-state index in [2.05, 4.69) is 9.98 Å². The molecular formula is C12H7N5. The van der Waals surface area contributed by atoms with Gasteiger partial charge in [0.15, 0.2) is 5.71 Å². The second kappa shape index (κ2) is 3.99. The van der Waals surface area contributed by atoms with Crippen molar-refractivity contribution < 1.29 is 0 Å². The standard InChI is InChI=1S/C12H7N5/c13-6-10-11(7-14)17-12(8-15,16-10)9-4-2-1-3-5-9/h1-6,13H. The number of nitrogens with zero attached hydrogens (tertiary/aromatic N) is 4. The average Bonchev–Trinajstić information content (AvgIpc) is 2.79. The summed E-state index contributed by atoms with van der Waals surface area (Å²) in [5.74, 6) is 0. The summed E-state index contributed by atoms with van der Waals surface area (Å²) in [7, 11) is 0. The van der Waals surface area contributed by atoms with Crippen molar-refractivity contribution in [2.24, 2.45) is 9.98 Å². The fraction of sp³-hybridized carbons (Fsp3) is 0.0833. The molecule has 5 heteroatoms. The first kappa shape index (κ1) is 10.7. The lowest BCUT2D eigenvalue weighted by molar-refractivity contribution is 0.632. The highest BCUT2D eigenvalue weighted by Crippen LogP contribution is 2.30. The van der Waals surface area contributed by atoms with Crippen LogP contribution in [-0.4, -0.2) is 17.6 Å². The molecule has 0 radical (unpaired) electrons.